The first-order chi connectivity index (χ1) is 8.76. The van der Waals surface area contributed by atoms with Crippen LogP contribution in [0.4, 0.5) is 5.82 Å². The zero-order valence-electron chi connectivity index (χ0n) is 10.4. The number of nitrogens with one attached hydrogen (secondary N) is 1. The van der Waals surface area contributed by atoms with Crippen molar-refractivity contribution in [2.24, 2.45) is 0 Å². The lowest BCUT2D eigenvalue weighted by atomic mass is 10.1. The van der Waals surface area contributed by atoms with Crippen LogP contribution in [-0.2, 0) is 0 Å². The van der Waals surface area contributed by atoms with Gasteiger partial charge >= 0.3 is 6.01 Å². The lowest BCUT2D eigenvalue weighted by molar-refractivity contribution is 0.379. The molecule has 2 aliphatic heterocycles. The average molecular weight is 269 g/mol. The summed E-state index contributed by atoms with van der Waals surface area (Å²) in [5.41, 5.74) is 0. The van der Waals surface area contributed by atoms with Crippen LogP contribution in [0, 0.1) is 0 Å². The predicted octanol–water partition coefficient (Wildman–Crippen LogP) is 1.47. The summed E-state index contributed by atoms with van der Waals surface area (Å²) in [4.78, 5) is 10.6. The number of aromatic nitrogens is 2. The molecular weight excluding hydrogens is 252 g/mol. The third-order valence-electron chi connectivity index (χ3n) is 3.71. The van der Waals surface area contributed by atoms with Crippen LogP contribution in [-0.4, -0.2) is 42.3 Å². The van der Waals surface area contributed by atoms with Gasteiger partial charge in [-0.3, -0.25) is 0 Å². The highest BCUT2D eigenvalue weighted by Gasteiger charge is 2.30. The zero-order chi connectivity index (χ0) is 12.5. The molecule has 0 saturated carbocycles. The Balaban J connectivity index is 1.85. The molecule has 0 radical (unpaired) electrons. The van der Waals surface area contributed by atoms with E-state index in [1.54, 1.807) is 13.3 Å². The smallest absolute Gasteiger partial charge is 0.318 e. The molecule has 6 heteroatoms. The van der Waals surface area contributed by atoms with Gasteiger partial charge in [-0.1, -0.05) is 11.6 Å². The molecule has 5 nitrogen and oxygen atoms in total. The number of anilines is 1. The van der Waals surface area contributed by atoms with Crippen LogP contribution in [0.3, 0.4) is 0 Å². The molecule has 2 aliphatic rings. The van der Waals surface area contributed by atoms with Gasteiger partial charge in [-0.05, 0) is 19.3 Å². The van der Waals surface area contributed by atoms with Crippen LogP contribution in [0.15, 0.2) is 6.20 Å². The van der Waals surface area contributed by atoms with Crippen molar-refractivity contribution in [3.63, 3.8) is 0 Å². The summed E-state index contributed by atoms with van der Waals surface area (Å²) in [6.07, 6.45) is 5.28. The van der Waals surface area contributed by atoms with Gasteiger partial charge in [-0.25, -0.2) is 4.98 Å². The Labute approximate surface area is 112 Å². The van der Waals surface area contributed by atoms with Crippen LogP contribution in [0.1, 0.15) is 19.3 Å². The molecule has 2 fully saturated rings. The van der Waals surface area contributed by atoms with Crippen molar-refractivity contribution in [2.75, 3.05) is 25.1 Å². The molecule has 1 aromatic rings. The Bertz CT molecular complexity index is 442. The van der Waals surface area contributed by atoms with E-state index in [1.807, 2.05) is 0 Å². The number of hydrogen-bond donors (Lipinski definition) is 1. The van der Waals surface area contributed by atoms with E-state index in [4.69, 9.17) is 16.3 Å². The Morgan fingerprint density at radius 1 is 1.39 bits per heavy atom. The number of methoxy groups -OCH3 is 1. The van der Waals surface area contributed by atoms with Gasteiger partial charge in [-0.15, -0.1) is 0 Å². The second-order valence-electron chi connectivity index (χ2n) is 4.90. The highest BCUT2D eigenvalue weighted by atomic mass is 35.5. The SMILES string of the molecule is COc1ncc(Cl)c(N2CCC3CCC(C2)N3)n1. The van der Waals surface area contributed by atoms with Gasteiger partial charge < -0.3 is 15.0 Å². The highest BCUT2D eigenvalue weighted by Crippen LogP contribution is 2.28. The van der Waals surface area contributed by atoms with Crippen molar-refractivity contribution < 1.29 is 4.74 Å². The molecule has 18 heavy (non-hydrogen) atoms. The second-order valence-corrected chi connectivity index (χ2v) is 5.31. The topological polar surface area (TPSA) is 50.3 Å². The van der Waals surface area contributed by atoms with E-state index in [0.29, 0.717) is 23.1 Å². The van der Waals surface area contributed by atoms with E-state index in [1.165, 1.54) is 12.8 Å². The number of nitrogens with zero attached hydrogens (tertiary/aromatic N) is 3. The number of rotatable bonds is 2. The highest BCUT2D eigenvalue weighted by molar-refractivity contribution is 6.32. The average Bonchev–Trinajstić information content (AvgIpc) is 2.70. The van der Waals surface area contributed by atoms with Gasteiger partial charge in [0.05, 0.1) is 13.3 Å². The minimum absolute atomic E-state index is 0.372. The normalized spacial score (nSPS) is 27.1. The fourth-order valence-corrected chi connectivity index (χ4v) is 3.01. The lowest BCUT2D eigenvalue weighted by Crippen LogP contribution is -2.35. The number of hydrogen-bond acceptors (Lipinski definition) is 5. The third kappa shape index (κ3) is 2.24. The molecule has 1 N–H and O–H groups in total. The zero-order valence-corrected chi connectivity index (χ0v) is 11.2. The van der Waals surface area contributed by atoms with Crippen LogP contribution in [0.2, 0.25) is 5.02 Å². The van der Waals surface area contributed by atoms with Gasteiger partial charge in [0.1, 0.15) is 5.02 Å². The lowest BCUT2D eigenvalue weighted by Gasteiger charge is -2.26. The van der Waals surface area contributed by atoms with Crippen molar-refractivity contribution in [1.29, 1.82) is 0 Å². The Morgan fingerprint density at radius 2 is 2.22 bits per heavy atom. The maximum atomic E-state index is 6.20. The molecule has 1 aromatic heterocycles. The molecule has 2 unspecified atom stereocenters. The molecule has 0 aromatic carbocycles. The Morgan fingerprint density at radius 3 is 3.06 bits per heavy atom. The van der Waals surface area contributed by atoms with Crippen LogP contribution < -0.4 is 15.0 Å². The first-order valence-electron chi connectivity index (χ1n) is 6.34. The molecule has 2 atom stereocenters. The predicted molar refractivity (Wildman–Crippen MR) is 70.4 cm³/mol. The molecule has 0 aliphatic carbocycles. The van der Waals surface area contributed by atoms with Gasteiger partial charge in [0.2, 0.25) is 0 Å². The van der Waals surface area contributed by atoms with E-state index in [9.17, 15) is 0 Å². The summed E-state index contributed by atoms with van der Waals surface area (Å²) in [5.74, 6) is 0.790. The fourth-order valence-electron chi connectivity index (χ4n) is 2.80. The molecule has 3 heterocycles. The second kappa shape index (κ2) is 4.90. The van der Waals surface area contributed by atoms with E-state index in [-0.39, 0.29) is 0 Å². The maximum absolute atomic E-state index is 6.20. The number of fused-ring (bicyclic) bond motifs is 2. The van der Waals surface area contributed by atoms with Gasteiger partial charge in [-0.2, -0.15) is 4.98 Å². The van der Waals surface area contributed by atoms with Crippen molar-refractivity contribution in [1.82, 2.24) is 15.3 Å². The maximum Gasteiger partial charge on any atom is 0.318 e. The summed E-state index contributed by atoms with van der Waals surface area (Å²) in [6, 6.07) is 1.58. The van der Waals surface area contributed by atoms with Crippen LogP contribution in [0.25, 0.3) is 0 Å². The quantitative estimate of drug-likeness (QED) is 0.880. The summed E-state index contributed by atoms with van der Waals surface area (Å²) < 4.78 is 5.07. The van der Waals surface area contributed by atoms with Crippen molar-refractivity contribution in [3.05, 3.63) is 11.2 Å². The first kappa shape index (κ1) is 12.0. The van der Waals surface area contributed by atoms with Gasteiger partial charge in [0.25, 0.3) is 0 Å². The molecule has 2 bridgehead atoms. The molecular formula is C12H17ClN4O. The molecule has 0 amide bonds. The van der Waals surface area contributed by atoms with Gasteiger partial charge in [0, 0.05) is 25.2 Å². The van der Waals surface area contributed by atoms with Gasteiger partial charge in [0.15, 0.2) is 5.82 Å². The summed E-state index contributed by atoms with van der Waals surface area (Å²) in [7, 11) is 1.57. The van der Waals surface area contributed by atoms with Crippen LogP contribution in [0.5, 0.6) is 6.01 Å². The Hall–Kier alpha value is -1.07. The number of ether oxygens (including phenoxy) is 1. The minimum atomic E-state index is 0.372. The third-order valence-corrected chi connectivity index (χ3v) is 3.98. The monoisotopic (exact) mass is 268 g/mol. The van der Waals surface area contributed by atoms with E-state index >= 15 is 0 Å². The summed E-state index contributed by atoms with van der Waals surface area (Å²) in [5, 5.41) is 4.23. The summed E-state index contributed by atoms with van der Waals surface area (Å²) in [6.45, 7) is 1.93. The van der Waals surface area contributed by atoms with Crippen molar-refractivity contribution in [3.8, 4) is 6.01 Å². The Kier molecular flexibility index (Phi) is 3.26. The van der Waals surface area contributed by atoms with E-state index in [0.717, 1.165) is 25.3 Å². The van der Waals surface area contributed by atoms with Crippen molar-refractivity contribution in [2.45, 2.75) is 31.3 Å². The van der Waals surface area contributed by atoms with E-state index < -0.39 is 0 Å². The molecule has 98 valence electrons. The molecule has 0 spiro atoms. The molecule has 2 saturated heterocycles. The first-order valence-corrected chi connectivity index (χ1v) is 6.71. The van der Waals surface area contributed by atoms with Crippen molar-refractivity contribution >= 4 is 17.4 Å². The fraction of sp³-hybridized carbons (Fsp3) is 0.667. The summed E-state index contributed by atoms with van der Waals surface area (Å²) >= 11 is 6.20. The standard InChI is InChI=1S/C12H17ClN4O/c1-18-12-14-6-10(13)11(16-12)17-5-4-8-2-3-9(7-17)15-8/h6,8-9,15H,2-5,7H2,1H3. The largest absolute Gasteiger partial charge is 0.467 e. The minimum Gasteiger partial charge on any atom is -0.467 e. The van der Waals surface area contributed by atoms with Crippen LogP contribution >= 0.6 is 11.6 Å². The molecule has 3 rings (SSSR count). The van der Waals surface area contributed by atoms with E-state index in [2.05, 4.69) is 20.2 Å². The number of halogens is 1.